The van der Waals surface area contributed by atoms with Gasteiger partial charge in [0, 0.05) is 0 Å². The summed E-state index contributed by atoms with van der Waals surface area (Å²) in [7, 11) is 0. The van der Waals surface area contributed by atoms with Crippen molar-refractivity contribution in [3.63, 3.8) is 0 Å². The molecule has 0 amide bonds. The number of rotatable bonds is 2. The third-order valence-corrected chi connectivity index (χ3v) is 1.91. The summed E-state index contributed by atoms with van der Waals surface area (Å²) in [5.41, 5.74) is 2.62. The SMILES string of the molecule is C/[C]=C/c1ccc(C(C)C)cc1. The molecule has 0 atom stereocenters. The monoisotopic (exact) mass is 159 g/mol. The maximum absolute atomic E-state index is 3.01. The zero-order valence-corrected chi connectivity index (χ0v) is 7.96. The average molecular weight is 159 g/mol. The van der Waals surface area contributed by atoms with Crippen LogP contribution in [0.4, 0.5) is 0 Å². The number of hydrogen-bond acceptors (Lipinski definition) is 0. The van der Waals surface area contributed by atoms with Gasteiger partial charge in [-0.1, -0.05) is 44.2 Å². The van der Waals surface area contributed by atoms with Crippen LogP contribution >= 0.6 is 0 Å². The topological polar surface area (TPSA) is 0 Å². The predicted molar refractivity (Wildman–Crippen MR) is 53.9 cm³/mol. The number of allylic oxidation sites excluding steroid dienone is 1. The molecule has 0 aliphatic carbocycles. The van der Waals surface area contributed by atoms with Crippen molar-refractivity contribution in [2.24, 2.45) is 0 Å². The minimum atomic E-state index is 0.619. The first-order chi connectivity index (χ1) is 5.74. The first-order valence-corrected chi connectivity index (χ1v) is 4.34. The summed E-state index contributed by atoms with van der Waals surface area (Å²) in [6.45, 7) is 6.32. The molecule has 1 aromatic rings. The van der Waals surface area contributed by atoms with Gasteiger partial charge in [-0.05, 0) is 30.0 Å². The molecule has 0 saturated carbocycles. The first kappa shape index (κ1) is 9.05. The Morgan fingerprint density at radius 3 is 2.17 bits per heavy atom. The molecular formula is C12H15. The second-order valence-corrected chi connectivity index (χ2v) is 3.25. The molecule has 0 saturated heterocycles. The van der Waals surface area contributed by atoms with Gasteiger partial charge in [-0.15, -0.1) is 0 Å². The molecule has 0 bridgehead atoms. The Morgan fingerprint density at radius 2 is 1.75 bits per heavy atom. The van der Waals surface area contributed by atoms with E-state index in [2.05, 4.69) is 44.2 Å². The smallest absolute Gasteiger partial charge is 0.0219 e. The fourth-order valence-electron chi connectivity index (χ4n) is 1.14. The molecule has 0 nitrogen and oxygen atoms in total. The Morgan fingerprint density at radius 1 is 1.17 bits per heavy atom. The van der Waals surface area contributed by atoms with Crippen molar-refractivity contribution in [2.75, 3.05) is 0 Å². The van der Waals surface area contributed by atoms with Crippen molar-refractivity contribution in [2.45, 2.75) is 26.7 Å². The summed E-state index contributed by atoms with van der Waals surface area (Å²) in [4.78, 5) is 0. The lowest BCUT2D eigenvalue weighted by Crippen LogP contribution is -1.85. The molecule has 0 aromatic heterocycles. The third kappa shape index (κ3) is 2.23. The van der Waals surface area contributed by atoms with Crippen molar-refractivity contribution in [1.29, 1.82) is 0 Å². The molecule has 1 aromatic carbocycles. The largest absolute Gasteiger partial charge is 0.0587 e. The molecule has 63 valence electrons. The quantitative estimate of drug-likeness (QED) is 0.618. The maximum atomic E-state index is 3.01. The van der Waals surface area contributed by atoms with E-state index >= 15 is 0 Å². The third-order valence-electron chi connectivity index (χ3n) is 1.91. The van der Waals surface area contributed by atoms with Crippen molar-refractivity contribution in [3.8, 4) is 0 Å². The highest BCUT2D eigenvalue weighted by molar-refractivity contribution is 5.47. The van der Waals surface area contributed by atoms with Gasteiger partial charge in [-0.3, -0.25) is 0 Å². The first-order valence-electron chi connectivity index (χ1n) is 4.34. The van der Waals surface area contributed by atoms with Crippen molar-refractivity contribution in [3.05, 3.63) is 41.5 Å². The second kappa shape index (κ2) is 4.10. The zero-order valence-electron chi connectivity index (χ0n) is 7.96. The van der Waals surface area contributed by atoms with E-state index in [4.69, 9.17) is 0 Å². The molecule has 0 heteroatoms. The summed E-state index contributed by atoms with van der Waals surface area (Å²) in [5.74, 6) is 0.619. The Hall–Kier alpha value is -1.04. The van der Waals surface area contributed by atoms with Gasteiger partial charge >= 0.3 is 0 Å². The van der Waals surface area contributed by atoms with Crippen LogP contribution in [0.15, 0.2) is 24.3 Å². The highest BCUT2D eigenvalue weighted by atomic mass is 14.0. The lowest BCUT2D eigenvalue weighted by molar-refractivity contribution is 0.866. The van der Waals surface area contributed by atoms with Crippen LogP contribution in [0.25, 0.3) is 6.08 Å². The van der Waals surface area contributed by atoms with Gasteiger partial charge in [-0.2, -0.15) is 0 Å². The Balaban J connectivity index is 2.85. The van der Waals surface area contributed by atoms with Gasteiger partial charge < -0.3 is 0 Å². The maximum Gasteiger partial charge on any atom is -0.0219 e. The summed E-state index contributed by atoms with van der Waals surface area (Å²) >= 11 is 0. The summed E-state index contributed by atoms with van der Waals surface area (Å²) < 4.78 is 0. The number of hydrogen-bond donors (Lipinski definition) is 0. The van der Waals surface area contributed by atoms with Gasteiger partial charge in [0.05, 0.1) is 0 Å². The van der Waals surface area contributed by atoms with Gasteiger partial charge in [0.15, 0.2) is 0 Å². The van der Waals surface area contributed by atoms with E-state index in [1.54, 1.807) is 0 Å². The number of benzene rings is 1. The van der Waals surface area contributed by atoms with Crippen LogP contribution < -0.4 is 0 Å². The van der Waals surface area contributed by atoms with Gasteiger partial charge in [0.1, 0.15) is 0 Å². The van der Waals surface area contributed by atoms with E-state index in [9.17, 15) is 0 Å². The highest BCUT2D eigenvalue weighted by Gasteiger charge is 1.96. The van der Waals surface area contributed by atoms with Crippen LogP contribution in [0.2, 0.25) is 0 Å². The van der Waals surface area contributed by atoms with Gasteiger partial charge in [0.25, 0.3) is 0 Å². The molecule has 1 radical (unpaired) electrons. The summed E-state index contributed by atoms with van der Waals surface area (Å²) in [6, 6.07) is 8.61. The van der Waals surface area contributed by atoms with E-state index in [-0.39, 0.29) is 0 Å². The van der Waals surface area contributed by atoms with Crippen LogP contribution in [-0.4, -0.2) is 0 Å². The lowest BCUT2D eigenvalue weighted by Gasteiger charge is -2.04. The van der Waals surface area contributed by atoms with Crippen LogP contribution in [-0.2, 0) is 0 Å². The van der Waals surface area contributed by atoms with E-state index in [1.807, 2.05) is 13.0 Å². The van der Waals surface area contributed by atoms with E-state index < -0.39 is 0 Å². The van der Waals surface area contributed by atoms with Crippen LogP contribution in [0.1, 0.15) is 37.8 Å². The zero-order chi connectivity index (χ0) is 8.97. The Labute approximate surface area is 74.9 Å². The average Bonchev–Trinajstić information content (AvgIpc) is 2.06. The minimum absolute atomic E-state index is 0.619. The molecule has 0 fully saturated rings. The van der Waals surface area contributed by atoms with Gasteiger partial charge in [0.2, 0.25) is 0 Å². The highest BCUT2D eigenvalue weighted by Crippen LogP contribution is 2.14. The molecule has 0 unspecified atom stereocenters. The van der Waals surface area contributed by atoms with Crippen LogP contribution in [0.3, 0.4) is 0 Å². The van der Waals surface area contributed by atoms with Crippen LogP contribution in [0.5, 0.6) is 0 Å². The van der Waals surface area contributed by atoms with Gasteiger partial charge in [-0.25, -0.2) is 0 Å². The van der Waals surface area contributed by atoms with Crippen molar-refractivity contribution in [1.82, 2.24) is 0 Å². The molecule has 0 N–H and O–H groups in total. The summed E-state index contributed by atoms with van der Waals surface area (Å²) in [5, 5.41) is 0. The fraction of sp³-hybridized carbons (Fsp3) is 0.333. The van der Waals surface area contributed by atoms with Crippen molar-refractivity contribution < 1.29 is 0 Å². The molecule has 0 aliphatic rings. The summed E-state index contributed by atoms with van der Waals surface area (Å²) in [6.07, 6.45) is 5.00. The molecule has 0 spiro atoms. The van der Waals surface area contributed by atoms with E-state index in [0.29, 0.717) is 5.92 Å². The fourth-order valence-corrected chi connectivity index (χ4v) is 1.14. The second-order valence-electron chi connectivity index (χ2n) is 3.25. The molecular weight excluding hydrogens is 144 g/mol. The van der Waals surface area contributed by atoms with Crippen LogP contribution in [0, 0.1) is 6.08 Å². The van der Waals surface area contributed by atoms with E-state index in [1.165, 1.54) is 11.1 Å². The lowest BCUT2D eigenvalue weighted by atomic mass is 10.0. The van der Waals surface area contributed by atoms with Crippen molar-refractivity contribution >= 4 is 6.08 Å². The predicted octanol–water partition coefficient (Wildman–Crippen LogP) is 3.65. The van der Waals surface area contributed by atoms with E-state index in [0.717, 1.165) is 0 Å². The molecule has 0 heterocycles. The standard InChI is InChI=1S/C12H15/c1-4-5-11-6-8-12(9-7-11)10(2)3/h5-10H,1-3H3. The minimum Gasteiger partial charge on any atom is -0.0587 e. The molecule has 0 aliphatic heterocycles. The molecule has 1 rings (SSSR count). The molecule has 12 heavy (non-hydrogen) atoms. The Kier molecular flexibility index (Phi) is 3.09. The Bertz CT molecular complexity index is 252. The normalized spacial score (nSPS) is 11.3.